The molecule has 0 aliphatic carbocycles. The predicted molar refractivity (Wildman–Crippen MR) is 134 cm³/mol. The molecule has 1 heterocycles. The number of hydrogen-bond donors (Lipinski definition) is 1. The molecule has 4 rings (SSSR count). The van der Waals surface area contributed by atoms with Crippen molar-refractivity contribution in [2.24, 2.45) is 0 Å². The van der Waals surface area contributed by atoms with Gasteiger partial charge in [0.05, 0.1) is 32.9 Å². The molecule has 1 saturated heterocycles. The van der Waals surface area contributed by atoms with Crippen LogP contribution in [0.2, 0.25) is 5.02 Å². The highest BCUT2D eigenvalue weighted by atomic mass is 35.5. The summed E-state index contributed by atoms with van der Waals surface area (Å²) >= 11 is 6.13. The van der Waals surface area contributed by atoms with Crippen LogP contribution in [-0.2, 0) is 9.59 Å². The first-order valence-corrected chi connectivity index (χ1v) is 11.1. The normalized spacial score (nSPS) is 16.9. The van der Waals surface area contributed by atoms with Gasteiger partial charge in [-0.2, -0.15) is 0 Å². The Balaban J connectivity index is 2.03. The second kappa shape index (κ2) is 9.72. The zero-order valence-corrected chi connectivity index (χ0v) is 20.4. The fraction of sp³-hybridized carbons (Fsp3) is 0.185. The first-order valence-electron chi connectivity index (χ1n) is 10.7. The van der Waals surface area contributed by atoms with Gasteiger partial charge in [-0.3, -0.25) is 14.5 Å². The summed E-state index contributed by atoms with van der Waals surface area (Å²) in [5, 5.41) is 11.7. The molecule has 180 valence electrons. The van der Waals surface area contributed by atoms with Crippen LogP contribution >= 0.6 is 11.6 Å². The highest BCUT2D eigenvalue weighted by Crippen LogP contribution is 2.47. The first-order chi connectivity index (χ1) is 16.8. The Morgan fingerprint density at radius 1 is 0.914 bits per heavy atom. The van der Waals surface area contributed by atoms with Gasteiger partial charge in [-0.15, -0.1) is 0 Å². The maximum atomic E-state index is 13.4. The van der Waals surface area contributed by atoms with E-state index in [4.69, 9.17) is 25.8 Å². The van der Waals surface area contributed by atoms with Gasteiger partial charge >= 0.3 is 0 Å². The Kier molecular flexibility index (Phi) is 6.71. The lowest BCUT2D eigenvalue weighted by atomic mass is 9.94. The summed E-state index contributed by atoms with van der Waals surface area (Å²) in [6, 6.07) is 16.0. The summed E-state index contributed by atoms with van der Waals surface area (Å²) in [6.45, 7) is 1.89. The van der Waals surface area contributed by atoms with E-state index < -0.39 is 17.7 Å². The number of anilines is 1. The monoisotopic (exact) mass is 493 g/mol. The number of methoxy groups -OCH3 is 3. The van der Waals surface area contributed by atoms with Crippen LogP contribution in [0.3, 0.4) is 0 Å². The lowest BCUT2D eigenvalue weighted by Crippen LogP contribution is -2.29. The standard InChI is InChI=1S/C27H24ClNO6/c1-15-7-5-10-19(11-15)29-23(17-13-20(33-2)26(35-4)21(14-17)34-3)22(25(31)27(29)32)24(30)16-8-6-9-18(28)12-16/h5-14,23,30H,1-4H3/b24-22+. The van der Waals surface area contributed by atoms with Crippen LogP contribution in [0.15, 0.2) is 66.2 Å². The van der Waals surface area contributed by atoms with E-state index in [0.717, 1.165) is 5.56 Å². The van der Waals surface area contributed by atoms with Crippen LogP contribution in [0.4, 0.5) is 5.69 Å². The first kappa shape index (κ1) is 24.2. The molecule has 1 aliphatic rings. The van der Waals surface area contributed by atoms with Crippen molar-refractivity contribution in [1.29, 1.82) is 0 Å². The van der Waals surface area contributed by atoms with Crippen molar-refractivity contribution in [2.75, 3.05) is 26.2 Å². The second-order valence-corrected chi connectivity index (χ2v) is 8.41. The molecule has 1 amide bonds. The van der Waals surface area contributed by atoms with E-state index >= 15 is 0 Å². The number of carbonyl (C=O) groups excluding carboxylic acids is 2. The number of rotatable bonds is 6. The zero-order chi connectivity index (χ0) is 25.3. The molecule has 1 atom stereocenters. The molecule has 0 aromatic heterocycles. The molecule has 0 saturated carbocycles. The Labute approximate surface area is 208 Å². The number of halogens is 1. The molecule has 1 N–H and O–H groups in total. The molecule has 1 fully saturated rings. The minimum absolute atomic E-state index is 0.0759. The van der Waals surface area contributed by atoms with Crippen molar-refractivity contribution in [1.82, 2.24) is 0 Å². The third-order valence-electron chi connectivity index (χ3n) is 5.83. The molecule has 1 unspecified atom stereocenters. The van der Waals surface area contributed by atoms with Crippen LogP contribution in [-0.4, -0.2) is 38.1 Å². The Hall–Kier alpha value is -3.97. The number of ether oxygens (including phenoxy) is 3. The number of Topliss-reactive ketones (excluding diaryl/α,β-unsaturated/α-hetero) is 1. The largest absolute Gasteiger partial charge is 0.507 e. The molecule has 8 heteroatoms. The predicted octanol–water partition coefficient (Wildman–Crippen LogP) is 5.30. The third-order valence-corrected chi connectivity index (χ3v) is 6.06. The van der Waals surface area contributed by atoms with Gasteiger partial charge in [0, 0.05) is 16.3 Å². The minimum atomic E-state index is -0.968. The van der Waals surface area contributed by atoms with Crippen LogP contribution in [0.1, 0.15) is 22.7 Å². The van der Waals surface area contributed by atoms with E-state index in [9.17, 15) is 14.7 Å². The average Bonchev–Trinajstić information content (AvgIpc) is 3.12. The number of aryl methyl sites for hydroxylation is 1. The molecular formula is C27H24ClNO6. The van der Waals surface area contributed by atoms with E-state index in [1.165, 1.54) is 32.3 Å². The Bertz CT molecular complexity index is 1320. The van der Waals surface area contributed by atoms with Gasteiger partial charge < -0.3 is 19.3 Å². The smallest absolute Gasteiger partial charge is 0.300 e. The third kappa shape index (κ3) is 4.31. The number of hydrogen-bond acceptors (Lipinski definition) is 6. The van der Waals surface area contributed by atoms with Crippen molar-refractivity contribution in [3.8, 4) is 17.2 Å². The van der Waals surface area contributed by atoms with E-state index in [0.29, 0.717) is 39.1 Å². The number of ketones is 1. The number of aliphatic hydroxyl groups is 1. The topological polar surface area (TPSA) is 85.3 Å². The quantitative estimate of drug-likeness (QED) is 0.285. The Morgan fingerprint density at radius 3 is 2.14 bits per heavy atom. The summed E-state index contributed by atoms with van der Waals surface area (Å²) in [7, 11) is 4.44. The molecule has 7 nitrogen and oxygen atoms in total. The van der Waals surface area contributed by atoms with Crippen LogP contribution in [0.25, 0.3) is 5.76 Å². The molecular weight excluding hydrogens is 470 g/mol. The fourth-order valence-corrected chi connectivity index (χ4v) is 4.43. The summed E-state index contributed by atoms with van der Waals surface area (Å²) < 4.78 is 16.4. The molecule has 3 aromatic carbocycles. The summed E-state index contributed by atoms with van der Waals surface area (Å²) in [4.78, 5) is 28.1. The maximum absolute atomic E-state index is 13.4. The van der Waals surface area contributed by atoms with Crippen LogP contribution in [0.5, 0.6) is 17.2 Å². The number of nitrogens with zero attached hydrogens (tertiary/aromatic N) is 1. The summed E-state index contributed by atoms with van der Waals surface area (Å²) in [6.07, 6.45) is 0. The molecule has 1 aliphatic heterocycles. The highest BCUT2D eigenvalue weighted by Gasteiger charge is 2.47. The van der Waals surface area contributed by atoms with Gasteiger partial charge in [-0.1, -0.05) is 35.9 Å². The van der Waals surface area contributed by atoms with Gasteiger partial charge in [-0.25, -0.2) is 0 Å². The number of benzene rings is 3. The average molecular weight is 494 g/mol. The molecule has 0 spiro atoms. The zero-order valence-electron chi connectivity index (χ0n) is 19.7. The van der Waals surface area contributed by atoms with E-state index in [1.54, 1.807) is 48.5 Å². The van der Waals surface area contributed by atoms with E-state index in [-0.39, 0.29) is 11.3 Å². The minimum Gasteiger partial charge on any atom is -0.507 e. The number of aliphatic hydroxyl groups excluding tert-OH is 1. The van der Waals surface area contributed by atoms with Gasteiger partial charge in [-0.05, 0) is 54.4 Å². The van der Waals surface area contributed by atoms with Gasteiger partial charge in [0.25, 0.3) is 11.7 Å². The molecule has 0 bridgehead atoms. The molecule has 3 aromatic rings. The second-order valence-electron chi connectivity index (χ2n) is 7.98. The van der Waals surface area contributed by atoms with E-state index in [1.807, 2.05) is 13.0 Å². The highest BCUT2D eigenvalue weighted by molar-refractivity contribution is 6.51. The van der Waals surface area contributed by atoms with Crippen molar-refractivity contribution in [3.05, 3.63) is 87.9 Å². The lowest BCUT2D eigenvalue weighted by molar-refractivity contribution is -0.132. The van der Waals surface area contributed by atoms with Gasteiger partial charge in [0.1, 0.15) is 5.76 Å². The molecule has 35 heavy (non-hydrogen) atoms. The SMILES string of the molecule is COc1cc(C2/C(=C(\O)c3cccc(Cl)c3)C(=O)C(=O)N2c2cccc(C)c2)cc(OC)c1OC. The number of amides is 1. The van der Waals surface area contributed by atoms with Gasteiger partial charge in [0.15, 0.2) is 11.5 Å². The van der Waals surface area contributed by atoms with Crippen molar-refractivity contribution >= 4 is 34.7 Å². The molecule has 0 radical (unpaired) electrons. The Morgan fingerprint density at radius 2 is 1.57 bits per heavy atom. The van der Waals surface area contributed by atoms with E-state index in [2.05, 4.69) is 0 Å². The van der Waals surface area contributed by atoms with Crippen molar-refractivity contribution in [3.63, 3.8) is 0 Å². The van der Waals surface area contributed by atoms with Crippen molar-refractivity contribution in [2.45, 2.75) is 13.0 Å². The number of carbonyl (C=O) groups is 2. The fourth-order valence-electron chi connectivity index (χ4n) is 4.24. The summed E-state index contributed by atoms with van der Waals surface area (Å²) in [5.41, 5.74) is 2.15. The van der Waals surface area contributed by atoms with Gasteiger partial charge in [0.2, 0.25) is 5.75 Å². The summed E-state index contributed by atoms with van der Waals surface area (Å²) in [5.74, 6) is -0.861. The maximum Gasteiger partial charge on any atom is 0.300 e. The lowest BCUT2D eigenvalue weighted by Gasteiger charge is -2.27. The van der Waals surface area contributed by atoms with Crippen LogP contribution < -0.4 is 19.1 Å². The van der Waals surface area contributed by atoms with Crippen molar-refractivity contribution < 1.29 is 28.9 Å². The van der Waals surface area contributed by atoms with Crippen LogP contribution in [0, 0.1) is 6.92 Å².